The molecule has 0 saturated carbocycles. The molecule has 0 saturated heterocycles. The van der Waals surface area contributed by atoms with E-state index < -0.39 is 6.55 Å². The fourth-order valence-electron chi connectivity index (χ4n) is 2.44. The van der Waals surface area contributed by atoms with Crippen LogP contribution in [0.2, 0.25) is 0 Å². The third kappa shape index (κ3) is 3.19. The molecule has 24 heavy (non-hydrogen) atoms. The van der Waals surface area contributed by atoms with Crippen molar-refractivity contribution in [2.45, 2.75) is 37.3 Å². The summed E-state index contributed by atoms with van der Waals surface area (Å²) in [5.41, 5.74) is 0.497. The largest absolute Gasteiger partial charge is 0.319 e. The lowest BCUT2D eigenvalue weighted by atomic mass is 10.2. The number of benzene rings is 1. The molecule has 0 aliphatic rings. The van der Waals surface area contributed by atoms with E-state index in [1.807, 2.05) is 13.0 Å². The number of halogens is 2. The number of fused-ring (bicyclic) bond motifs is 1. The van der Waals surface area contributed by atoms with Crippen molar-refractivity contribution in [3.05, 3.63) is 52.8 Å². The van der Waals surface area contributed by atoms with Gasteiger partial charge in [0.25, 0.3) is 5.56 Å². The molecule has 8 heteroatoms. The van der Waals surface area contributed by atoms with E-state index in [1.54, 1.807) is 22.8 Å². The van der Waals surface area contributed by atoms with Crippen LogP contribution >= 0.6 is 11.8 Å². The minimum atomic E-state index is -2.63. The fraction of sp³-hybridized carbons (Fsp3) is 0.312. The molecule has 0 amide bonds. The molecule has 0 unspecified atom stereocenters. The molecule has 0 N–H and O–H groups in total. The third-order valence-electron chi connectivity index (χ3n) is 3.56. The molecular weight excluding hydrogens is 334 g/mol. The first-order valence-electron chi connectivity index (χ1n) is 7.54. The van der Waals surface area contributed by atoms with Crippen LogP contribution in [0.5, 0.6) is 0 Å². The molecular formula is C16H16F2N4OS. The highest BCUT2D eigenvalue weighted by molar-refractivity contribution is 7.98. The van der Waals surface area contributed by atoms with Crippen LogP contribution in [-0.4, -0.2) is 19.1 Å². The SMILES string of the molecule is CCCn1c(SCc2nccn2C(F)F)nc2ccccc2c1=O. The van der Waals surface area contributed by atoms with Crippen molar-refractivity contribution in [3.63, 3.8) is 0 Å². The Hall–Kier alpha value is -2.22. The number of alkyl halides is 2. The predicted octanol–water partition coefficient (Wildman–Crippen LogP) is 3.69. The van der Waals surface area contributed by atoms with E-state index in [-0.39, 0.29) is 17.1 Å². The second kappa shape index (κ2) is 7.12. The van der Waals surface area contributed by atoms with Crippen molar-refractivity contribution in [3.8, 4) is 0 Å². The number of nitrogens with zero attached hydrogens (tertiary/aromatic N) is 4. The highest BCUT2D eigenvalue weighted by atomic mass is 32.2. The zero-order chi connectivity index (χ0) is 17.1. The average molecular weight is 350 g/mol. The summed E-state index contributed by atoms with van der Waals surface area (Å²) >= 11 is 1.24. The van der Waals surface area contributed by atoms with E-state index in [9.17, 15) is 13.6 Å². The van der Waals surface area contributed by atoms with Gasteiger partial charge in [0.1, 0.15) is 5.82 Å². The second-order valence-electron chi connectivity index (χ2n) is 5.19. The lowest BCUT2D eigenvalue weighted by Crippen LogP contribution is -2.23. The van der Waals surface area contributed by atoms with Crippen molar-refractivity contribution in [2.75, 3.05) is 0 Å². The first-order chi connectivity index (χ1) is 11.6. The topological polar surface area (TPSA) is 52.7 Å². The predicted molar refractivity (Wildman–Crippen MR) is 89.3 cm³/mol. The third-order valence-corrected chi connectivity index (χ3v) is 4.54. The Labute approximate surface area is 141 Å². The summed E-state index contributed by atoms with van der Waals surface area (Å²) in [4.78, 5) is 21.1. The highest BCUT2D eigenvalue weighted by Gasteiger charge is 2.15. The Morgan fingerprint density at radius 2 is 2.08 bits per heavy atom. The van der Waals surface area contributed by atoms with Gasteiger partial charge in [0.15, 0.2) is 5.16 Å². The van der Waals surface area contributed by atoms with Crippen molar-refractivity contribution in [1.82, 2.24) is 19.1 Å². The maximum atomic E-state index is 12.9. The lowest BCUT2D eigenvalue weighted by Gasteiger charge is -2.12. The van der Waals surface area contributed by atoms with Crippen LogP contribution in [0.3, 0.4) is 0 Å². The molecule has 3 rings (SSSR count). The molecule has 5 nitrogen and oxygen atoms in total. The van der Waals surface area contributed by atoms with E-state index >= 15 is 0 Å². The van der Waals surface area contributed by atoms with Crippen LogP contribution in [0, 0.1) is 0 Å². The summed E-state index contributed by atoms with van der Waals surface area (Å²) in [5.74, 6) is 0.465. The quantitative estimate of drug-likeness (QED) is 0.503. The van der Waals surface area contributed by atoms with E-state index in [2.05, 4.69) is 9.97 Å². The number of hydrogen-bond donors (Lipinski definition) is 0. The molecule has 2 heterocycles. The normalized spacial score (nSPS) is 11.5. The molecule has 3 aromatic rings. The summed E-state index contributed by atoms with van der Waals surface area (Å²) < 4.78 is 28.2. The summed E-state index contributed by atoms with van der Waals surface area (Å²) in [6.07, 6.45) is 3.36. The van der Waals surface area contributed by atoms with Gasteiger partial charge in [-0.1, -0.05) is 30.8 Å². The van der Waals surface area contributed by atoms with E-state index in [0.717, 1.165) is 11.0 Å². The summed E-state index contributed by atoms with van der Waals surface area (Å²) in [6.45, 7) is -0.132. The van der Waals surface area contributed by atoms with Crippen LogP contribution < -0.4 is 5.56 Å². The zero-order valence-corrected chi connectivity index (χ0v) is 13.8. The Morgan fingerprint density at radius 3 is 2.83 bits per heavy atom. The maximum Gasteiger partial charge on any atom is 0.319 e. The average Bonchev–Trinajstić information content (AvgIpc) is 3.05. The number of aromatic nitrogens is 4. The Bertz CT molecular complexity index is 906. The monoisotopic (exact) mass is 350 g/mol. The molecule has 0 atom stereocenters. The van der Waals surface area contributed by atoms with Gasteiger partial charge in [-0.25, -0.2) is 9.97 Å². The minimum Gasteiger partial charge on any atom is -0.287 e. The second-order valence-corrected chi connectivity index (χ2v) is 6.13. The van der Waals surface area contributed by atoms with Gasteiger partial charge in [-0.3, -0.25) is 13.9 Å². The van der Waals surface area contributed by atoms with E-state index in [1.165, 1.54) is 24.2 Å². The number of thioether (sulfide) groups is 1. The molecule has 0 fully saturated rings. The van der Waals surface area contributed by atoms with Crippen LogP contribution in [0.15, 0.2) is 46.6 Å². The van der Waals surface area contributed by atoms with Gasteiger partial charge in [-0.05, 0) is 18.6 Å². The molecule has 0 radical (unpaired) electrons. The first-order valence-corrected chi connectivity index (χ1v) is 8.52. The van der Waals surface area contributed by atoms with Crippen LogP contribution in [-0.2, 0) is 12.3 Å². The zero-order valence-electron chi connectivity index (χ0n) is 13.0. The smallest absolute Gasteiger partial charge is 0.287 e. The first kappa shape index (κ1) is 16.6. The number of rotatable bonds is 6. The van der Waals surface area contributed by atoms with E-state index in [4.69, 9.17) is 0 Å². The van der Waals surface area contributed by atoms with Gasteiger partial charge in [0, 0.05) is 18.9 Å². The molecule has 0 bridgehead atoms. The van der Waals surface area contributed by atoms with Crippen LogP contribution in [0.4, 0.5) is 8.78 Å². The van der Waals surface area contributed by atoms with Gasteiger partial charge in [0.05, 0.1) is 16.7 Å². The number of imidazole rings is 1. The molecule has 0 spiro atoms. The summed E-state index contributed by atoms with van der Waals surface area (Å²) in [6, 6.07) is 7.14. The van der Waals surface area contributed by atoms with Gasteiger partial charge in [-0.15, -0.1) is 0 Å². The Balaban J connectivity index is 1.97. The van der Waals surface area contributed by atoms with Crippen molar-refractivity contribution in [2.24, 2.45) is 0 Å². The lowest BCUT2D eigenvalue weighted by molar-refractivity contribution is 0.0678. The molecule has 2 aromatic heterocycles. The van der Waals surface area contributed by atoms with Gasteiger partial charge >= 0.3 is 6.55 Å². The minimum absolute atomic E-state index is 0.109. The van der Waals surface area contributed by atoms with Crippen LogP contribution in [0.1, 0.15) is 25.7 Å². The van der Waals surface area contributed by atoms with Crippen LogP contribution in [0.25, 0.3) is 10.9 Å². The number of hydrogen-bond acceptors (Lipinski definition) is 4. The Kier molecular flexibility index (Phi) is 4.94. The molecule has 0 aliphatic heterocycles. The Morgan fingerprint density at radius 1 is 1.29 bits per heavy atom. The summed E-state index contributed by atoms with van der Waals surface area (Å²) in [7, 11) is 0. The molecule has 0 aliphatic carbocycles. The summed E-state index contributed by atoms with van der Waals surface area (Å²) in [5, 5.41) is 1.08. The number of para-hydroxylation sites is 1. The maximum absolute atomic E-state index is 12.9. The molecule has 126 valence electrons. The standard InChI is InChI=1S/C16H16F2N4OS/c1-2-8-22-14(23)11-5-3-4-6-12(11)20-16(22)24-10-13-19-7-9-21(13)15(17)18/h3-7,9,15H,2,8,10H2,1H3. The van der Waals surface area contributed by atoms with Gasteiger partial charge in [0.2, 0.25) is 0 Å². The highest BCUT2D eigenvalue weighted by Crippen LogP contribution is 2.23. The van der Waals surface area contributed by atoms with Gasteiger partial charge < -0.3 is 0 Å². The molecule has 1 aromatic carbocycles. The van der Waals surface area contributed by atoms with Gasteiger partial charge in [-0.2, -0.15) is 8.78 Å². The van der Waals surface area contributed by atoms with E-state index in [0.29, 0.717) is 22.6 Å². The van der Waals surface area contributed by atoms with Crippen molar-refractivity contribution >= 4 is 22.7 Å². The van der Waals surface area contributed by atoms with Crippen molar-refractivity contribution < 1.29 is 8.78 Å². The fourth-order valence-corrected chi connectivity index (χ4v) is 3.42. The van der Waals surface area contributed by atoms with Crippen molar-refractivity contribution in [1.29, 1.82) is 0 Å².